The van der Waals surface area contributed by atoms with Crippen LogP contribution in [0.2, 0.25) is 0 Å². The van der Waals surface area contributed by atoms with Gasteiger partial charge in [-0.2, -0.15) is 13.2 Å². The van der Waals surface area contributed by atoms with Crippen molar-refractivity contribution in [2.24, 2.45) is 0 Å². The maximum atomic E-state index is 13.9. The quantitative estimate of drug-likeness (QED) is 0.157. The van der Waals surface area contributed by atoms with Crippen molar-refractivity contribution in [1.82, 2.24) is 9.13 Å². The summed E-state index contributed by atoms with van der Waals surface area (Å²) >= 11 is 0. The Morgan fingerprint density at radius 2 is 1.33 bits per heavy atom. The van der Waals surface area contributed by atoms with Gasteiger partial charge in [0.2, 0.25) is 0 Å². The highest BCUT2D eigenvalue weighted by Crippen LogP contribution is 2.36. The fourth-order valence-corrected chi connectivity index (χ4v) is 6.45. The van der Waals surface area contributed by atoms with Crippen LogP contribution in [0.5, 0.6) is 0 Å². The van der Waals surface area contributed by atoms with Crippen molar-refractivity contribution in [3.05, 3.63) is 168 Å². The summed E-state index contributed by atoms with van der Waals surface area (Å²) in [5.74, 6) is -0.418. The lowest BCUT2D eigenvalue weighted by Gasteiger charge is -2.14. The van der Waals surface area contributed by atoms with Crippen molar-refractivity contribution in [2.45, 2.75) is 19.3 Å². The number of carbonyl (C=O) groups excluding carboxylic acids is 2. The Hall–Kier alpha value is -6.75. The number of nitrogens with zero attached hydrogens (tertiary/aromatic N) is 2. The van der Waals surface area contributed by atoms with E-state index in [2.05, 4.69) is 27.3 Å². The summed E-state index contributed by atoms with van der Waals surface area (Å²) in [6.45, 7) is 0.538. The highest BCUT2D eigenvalue weighted by molar-refractivity contribution is 6.11. The lowest BCUT2D eigenvalue weighted by molar-refractivity contribution is -0.138. The molecule has 2 amide bonds. The van der Waals surface area contributed by atoms with Crippen molar-refractivity contribution < 1.29 is 31.6 Å². The Balaban J connectivity index is 1.10. The lowest BCUT2D eigenvalue weighted by atomic mass is 10.1. The smallest absolute Gasteiger partial charge is 0.416 e. The SMILES string of the molecule is O=C(Nc1cn(Cc2ccccc2)c2ccccc12)c1coc(-c2ccc3c(c2)c(NC(=O)c2ccoc2)cn3Cc2ccccc2C(F)(F)F)c1. The number of aromatic nitrogens is 2. The topological polar surface area (TPSA) is 94.3 Å². The second kappa shape index (κ2) is 13.2. The van der Waals surface area contributed by atoms with Crippen LogP contribution in [-0.2, 0) is 19.3 Å². The number of fused-ring (bicyclic) bond motifs is 2. The summed E-state index contributed by atoms with van der Waals surface area (Å²) in [5.41, 5.74) is 4.24. The summed E-state index contributed by atoms with van der Waals surface area (Å²) in [7, 11) is 0. The zero-order chi connectivity index (χ0) is 35.8. The van der Waals surface area contributed by atoms with Crippen LogP contribution in [-0.4, -0.2) is 20.9 Å². The van der Waals surface area contributed by atoms with Crippen LogP contribution in [0.15, 0.2) is 149 Å². The average Bonchev–Trinajstić information content (AvgIpc) is 3.97. The summed E-state index contributed by atoms with van der Waals surface area (Å²) in [6, 6.07) is 31.7. The van der Waals surface area contributed by atoms with Gasteiger partial charge in [0.25, 0.3) is 11.8 Å². The molecule has 0 bridgehead atoms. The third-order valence-corrected chi connectivity index (χ3v) is 8.95. The fraction of sp³-hybridized carbons (Fsp3) is 0.0732. The Kier molecular flexibility index (Phi) is 8.23. The number of benzene rings is 4. The normalized spacial score (nSPS) is 11.7. The molecule has 4 aromatic carbocycles. The maximum absolute atomic E-state index is 13.9. The van der Waals surface area contributed by atoms with E-state index in [9.17, 15) is 22.8 Å². The predicted molar refractivity (Wildman–Crippen MR) is 192 cm³/mol. The number of alkyl halides is 3. The lowest BCUT2D eigenvalue weighted by Crippen LogP contribution is -2.12. The monoisotopic (exact) mass is 698 g/mol. The molecule has 11 heteroatoms. The molecule has 8 aromatic rings. The number of para-hydroxylation sites is 1. The van der Waals surface area contributed by atoms with Crippen LogP contribution in [0, 0.1) is 0 Å². The van der Waals surface area contributed by atoms with Gasteiger partial charge >= 0.3 is 6.18 Å². The van der Waals surface area contributed by atoms with E-state index in [1.807, 2.05) is 48.7 Å². The molecule has 0 saturated heterocycles. The van der Waals surface area contributed by atoms with Crippen LogP contribution in [0.1, 0.15) is 37.4 Å². The molecule has 0 atom stereocenters. The summed E-state index contributed by atoms with van der Waals surface area (Å²) in [6.07, 6.45) is 3.04. The molecule has 4 aromatic heterocycles. The molecular formula is C41H29F3N4O4. The van der Waals surface area contributed by atoms with Crippen LogP contribution in [0.4, 0.5) is 24.5 Å². The van der Waals surface area contributed by atoms with E-state index >= 15 is 0 Å². The minimum atomic E-state index is -4.53. The van der Waals surface area contributed by atoms with E-state index in [0.717, 1.165) is 22.5 Å². The van der Waals surface area contributed by atoms with Crippen molar-refractivity contribution >= 4 is 45.0 Å². The van der Waals surface area contributed by atoms with Gasteiger partial charge in [-0.15, -0.1) is 0 Å². The number of furan rings is 2. The minimum absolute atomic E-state index is 0.0774. The number of amides is 2. The third kappa shape index (κ3) is 6.35. The number of halogens is 3. The van der Waals surface area contributed by atoms with E-state index in [4.69, 9.17) is 8.83 Å². The van der Waals surface area contributed by atoms with Gasteiger partial charge in [0.1, 0.15) is 18.3 Å². The molecule has 2 N–H and O–H groups in total. The van der Waals surface area contributed by atoms with Gasteiger partial charge < -0.3 is 28.6 Å². The number of anilines is 2. The molecule has 0 unspecified atom stereocenters. The summed E-state index contributed by atoms with van der Waals surface area (Å²) in [4.78, 5) is 26.6. The molecule has 8 nitrogen and oxygen atoms in total. The van der Waals surface area contributed by atoms with Gasteiger partial charge in [0.05, 0.1) is 45.4 Å². The van der Waals surface area contributed by atoms with Gasteiger partial charge in [-0.1, -0.05) is 66.7 Å². The average molecular weight is 699 g/mol. The number of rotatable bonds is 9. The van der Waals surface area contributed by atoms with Gasteiger partial charge in [0, 0.05) is 41.8 Å². The van der Waals surface area contributed by atoms with Gasteiger partial charge in [-0.05, 0) is 53.6 Å². The molecule has 0 fully saturated rings. The first-order valence-electron chi connectivity index (χ1n) is 16.3. The second-order valence-electron chi connectivity index (χ2n) is 12.4. The van der Waals surface area contributed by atoms with E-state index in [1.54, 1.807) is 41.1 Å². The number of carbonyl (C=O) groups is 2. The maximum Gasteiger partial charge on any atom is 0.416 e. The standard InChI is InChI=1S/C41H29F3N4O4/c42-41(43,44)33-12-6-4-10-28(33)21-48-23-35(46-39(49)29-16-17-51-24-29)32-18-27(14-15-37(32)48)38-19-30(25-52-38)40(50)45-34-22-47(20-26-8-2-1-3-9-26)36-13-7-5-11-31(34)36/h1-19,22-25H,20-21H2,(H,45,50)(H,46,49). The molecule has 0 radical (unpaired) electrons. The Morgan fingerprint density at radius 3 is 2.10 bits per heavy atom. The van der Waals surface area contributed by atoms with E-state index < -0.39 is 17.6 Å². The van der Waals surface area contributed by atoms with Gasteiger partial charge in [0.15, 0.2) is 0 Å². The van der Waals surface area contributed by atoms with E-state index in [-0.39, 0.29) is 23.6 Å². The Morgan fingerprint density at radius 1 is 0.654 bits per heavy atom. The second-order valence-corrected chi connectivity index (χ2v) is 12.4. The third-order valence-electron chi connectivity index (χ3n) is 8.95. The highest BCUT2D eigenvalue weighted by atomic mass is 19.4. The highest BCUT2D eigenvalue weighted by Gasteiger charge is 2.33. The van der Waals surface area contributed by atoms with Crippen molar-refractivity contribution in [3.63, 3.8) is 0 Å². The molecule has 8 rings (SSSR count). The largest absolute Gasteiger partial charge is 0.472 e. The van der Waals surface area contributed by atoms with Gasteiger partial charge in [-0.25, -0.2) is 0 Å². The molecule has 258 valence electrons. The Labute approximate surface area is 294 Å². The van der Waals surface area contributed by atoms with Crippen molar-refractivity contribution in [1.29, 1.82) is 0 Å². The first-order valence-corrected chi connectivity index (χ1v) is 16.3. The van der Waals surface area contributed by atoms with Crippen LogP contribution in [0.25, 0.3) is 33.1 Å². The van der Waals surface area contributed by atoms with Crippen molar-refractivity contribution in [2.75, 3.05) is 10.6 Å². The first-order chi connectivity index (χ1) is 25.2. The van der Waals surface area contributed by atoms with Crippen LogP contribution < -0.4 is 10.6 Å². The Bertz CT molecular complexity index is 2560. The summed E-state index contributed by atoms with van der Waals surface area (Å²) < 4.78 is 56.2. The number of hydrogen-bond acceptors (Lipinski definition) is 4. The molecule has 0 aliphatic heterocycles. The van der Waals surface area contributed by atoms with Crippen LogP contribution >= 0.6 is 0 Å². The predicted octanol–water partition coefficient (Wildman–Crippen LogP) is 10.1. The molecule has 0 saturated carbocycles. The molecule has 0 aliphatic carbocycles. The zero-order valence-electron chi connectivity index (χ0n) is 27.4. The summed E-state index contributed by atoms with van der Waals surface area (Å²) in [5, 5.41) is 7.35. The van der Waals surface area contributed by atoms with Crippen LogP contribution in [0.3, 0.4) is 0 Å². The number of hydrogen-bond donors (Lipinski definition) is 2. The van der Waals surface area contributed by atoms with E-state index in [0.29, 0.717) is 45.7 Å². The number of nitrogens with one attached hydrogen (secondary N) is 2. The fourth-order valence-electron chi connectivity index (χ4n) is 6.45. The molecule has 0 aliphatic rings. The zero-order valence-corrected chi connectivity index (χ0v) is 27.4. The van der Waals surface area contributed by atoms with Crippen molar-refractivity contribution in [3.8, 4) is 11.3 Å². The minimum Gasteiger partial charge on any atom is -0.472 e. The molecule has 52 heavy (non-hydrogen) atoms. The molecule has 4 heterocycles. The van der Waals surface area contributed by atoms with Gasteiger partial charge in [-0.3, -0.25) is 9.59 Å². The molecular weight excluding hydrogens is 669 g/mol. The van der Waals surface area contributed by atoms with E-state index in [1.165, 1.54) is 37.0 Å². The first kappa shape index (κ1) is 32.5. The molecule has 0 spiro atoms.